The zero-order valence-electron chi connectivity index (χ0n) is 8.05. The Morgan fingerprint density at radius 2 is 2.07 bits per heavy atom. The number of hydrogen-bond donors (Lipinski definition) is 1. The summed E-state index contributed by atoms with van der Waals surface area (Å²) in [4.78, 5) is 11.9. The van der Waals surface area contributed by atoms with Crippen LogP contribution in [0.4, 0.5) is 5.69 Å². The Kier molecular flexibility index (Phi) is 1.37. The van der Waals surface area contributed by atoms with Gasteiger partial charge in [0.25, 0.3) is 0 Å². The SMILES string of the molecule is Nc1ccc2c(c1)CC(=O)C21CCC1. The maximum absolute atomic E-state index is 11.9. The van der Waals surface area contributed by atoms with Crippen molar-refractivity contribution in [3.05, 3.63) is 29.3 Å². The molecule has 0 saturated heterocycles. The summed E-state index contributed by atoms with van der Waals surface area (Å²) in [5, 5.41) is 0. The molecule has 0 amide bonds. The fourth-order valence-corrected chi connectivity index (χ4v) is 2.80. The second-order valence-electron chi connectivity index (χ2n) is 4.45. The van der Waals surface area contributed by atoms with Crippen LogP contribution in [0.2, 0.25) is 0 Å². The third-order valence-electron chi connectivity index (χ3n) is 3.74. The number of carbonyl (C=O) groups excluding carboxylic acids is 1. The predicted octanol–water partition coefficient (Wildman–Crippen LogP) is 1.82. The highest BCUT2D eigenvalue weighted by molar-refractivity contribution is 5.97. The number of Topliss-reactive ketones (excluding diaryl/α,β-unsaturated/α-hetero) is 1. The van der Waals surface area contributed by atoms with E-state index in [9.17, 15) is 4.79 Å². The molecule has 1 aromatic carbocycles. The minimum atomic E-state index is -0.0942. The Balaban J connectivity index is 2.18. The van der Waals surface area contributed by atoms with Crippen LogP contribution in [0.15, 0.2) is 18.2 Å². The zero-order chi connectivity index (χ0) is 9.76. The Hall–Kier alpha value is -1.31. The highest BCUT2D eigenvalue weighted by Crippen LogP contribution is 2.50. The second kappa shape index (κ2) is 2.38. The molecule has 1 fully saturated rings. The van der Waals surface area contributed by atoms with Gasteiger partial charge in [0, 0.05) is 12.1 Å². The molecule has 2 N–H and O–H groups in total. The number of carbonyl (C=O) groups is 1. The van der Waals surface area contributed by atoms with Gasteiger partial charge in [-0.15, -0.1) is 0 Å². The molecule has 0 heterocycles. The third-order valence-corrected chi connectivity index (χ3v) is 3.74. The lowest BCUT2D eigenvalue weighted by Crippen LogP contribution is -2.39. The van der Waals surface area contributed by atoms with Gasteiger partial charge < -0.3 is 5.73 Å². The van der Waals surface area contributed by atoms with Crippen molar-refractivity contribution in [2.24, 2.45) is 0 Å². The van der Waals surface area contributed by atoms with Crippen molar-refractivity contribution in [3.63, 3.8) is 0 Å². The fraction of sp³-hybridized carbons (Fsp3) is 0.417. The van der Waals surface area contributed by atoms with E-state index in [4.69, 9.17) is 5.73 Å². The van der Waals surface area contributed by atoms with Gasteiger partial charge in [-0.25, -0.2) is 0 Å². The lowest BCUT2D eigenvalue weighted by atomic mass is 9.64. The lowest BCUT2D eigenvalue weighted by Gasteiger charge is -2.37. The number of ketones is 1. The standard InChI is InChI=1S/C12H13NO/c13-9-2-3-10-8(6-9)7-11(14)12(10)4-1-5-12/h2-3,6H,1,4-5,7,13H2. The van der Waals surface area contributed by atoms with E-state index in [-0.39, 0.29) is 5.41 Å². The summed E-state index contributed by atoms with van der Waals surface area (Å²) in [7, 11) is 0. The van der Waals surface area contributed by atoms with Crippen molar-refractivity contribution in [1.82, 2.24) is 0 Å². The number of nitrogens with two attached hydrogens (primary N) is 1. The first-order valence-corrected chi connectivity index (χ1v) is 5.15. The molecule has 2 aliphatic carbocycles. The number of anilines is 1. The topological polar surface area (TPSA) is 43.1 Å². The summed E-state index contributed by atoms with van der Waals surface area (Å²) >= 11 is 0. The minimum Gasteiger partial charge on any atom is -0.399 e. The Bertz CT molecular complexity index is 418. The van der Waals surface area contributed by atoms with Gasteiger partial charge in [0.1, 0.15) is 5.78 Å². The lowest BCUT2D eigenvalue weighted by molar-refractivity contribution is -0.125. The molecule has 0 bridgehead atoms. The zero-order valence-corrected chi connectivity index (χ0v) is 8.05. The summed E-state index contributed by atoms with van der Waals surface area (Å²) in [5.74, 6) is 0.407. The van der Waals surface area contributed by atoms with E-state index in [2.05, 4.69) is 6.07 Å². The van der Waals surface area contributed by atoms with Crippen molar-refractivity contribution in [2.45, 2.75) is 31.1 Å². The molecule has 0 aromatic heterocycles. The van der Waals surface area contributed by atoms with Crippen molar-refractivity contribution < 1.29 is 4.79 Å². The summed E-state index contributed by atoms with van der Waals surface area (Å²) < 4.78 is 0. The predicted molar refractivity (Wildman–Crippen MR) is 55.1 cm³/mol. The fourth-order valence-electron chi connectivity index (χ4n) is 2.80. The largest absolute Gasteiger partial charge is 0.399 e. The van der Waals surface area contributed by atoms with Crippen molar-refractivity contribution >= 4 is 11.5 Å². The average molecular weight is 187 g/mol. The molecule has 0 atom stereocenters. The van der Waals surface area contributed by atoms with Gasteiger partial charge in [0.05, 0.1) is 5.41 Å². The number of nitrogen functional groups attached to an aromatic ring is 1. The molecule has 0 unspecified atom stereocenters. The van der Waals surface area contributed by atoms with E-state index in [1.165, 1.54) is 12.0 Å². The number of fused-ring (bicyclic) bond motifs is 2. The maximum atomic E-state index is 11.9. The maximum Gasteiger partial charge on any atom is 0.147 e. The molecule has 0 aliphatic heterocycles. The van der Waals surface area contributed by atoms with Crippen LogP contribution in [0.3, 0.4) is 0 Å². The van der Waals surface area contributed by atoms with E-state index < -0.39 is 0 Å². The second-order valence-corrected chi connectivity index (χ2v) is 4.45. The van der Waals surface area contributed by atoms with Crippen LogP contribution in [0.25, 0.3) is 0 Å². The molecule has 1 spiro atoms. The molecule has 2 heteroatoms. The first-order chi connectivity index (χ1) is 6.72. The molecule has 2 aliphatic rings. The van der Waals surface area contributed by atoms with Crippen LogP contribution in [0, 0.1) is 0 Å². The Morgan fingerprint density at radius 1 is 1.29 bits per heavy atom. The highest BCUT2D eigenvalue weighted by Gasteiger charge is 2.49. The molecule has 3 rings (SSSR count). The van der Waals surface area contributed by atoms with Crippen LogP contribution in [0.1, 0.15) is 30.4 Å². The van der Waals surface area contributed by atoms with Gasteiger partial charge in [-0.05, 0) is 36.1 Å². The third kappa shape index (κ3) is 0.788. The van der Waals surface area contributed by atoms with Gasteiger partial charge in [0.15, 0.2) is 0 Å². The number of benzene rings is 1. The van der Waals surface area contributed by atoms with Crippen LogP contribution in [-0.2, 0) is 16.6 Å². The van der Waals surface area contributed by atoms with E-state index in [1.54, 1.807) is 0 Å². The van der Waals surface area contributed by atoms with Gasteiger partial charge >= 0.3 is 0 Å². The summed E-state index contributed by atoms with van der Waals surface area (Å²) in [6.07, 6.45) is 3.88. The van der Waals surface area contributed by atoms with Crippen LogP contribution < -0.4 is 5.73 Å². The molecular weight excluding hydrogens is 174 g/mol. The number of hydrogen-bond acceptors (Lipinski definition) is 2. The Labute approximate surface area is 83.1 Å². The molecule has 1 aromatic rings. The first kappa shape index (κ1) is 8.04. The van der Waals surface area contributed by atoms with Gasteiger partial charge in [-0.1, -0.05) is 12.5 Å². The smallest absolute Gasteiger partial charge is 0.147 e. The monoisotopic (exact) mass is 187 g/mol. The molecule has 1 saturated carbocycles. The van der Waals surface area contributed by atoms with E-state index in [0.717, 1.165) is 24.1 Å². The van der Waals surface area contributed by atoms with Crippen LogP contribution in [0.5, 0.6) is 0 Å². The molecule has 0 radical (unpaired) electrons. The minimum absolute atomic E-state index is 0.0942. The molecular formula is C12H13NO. The van der Waals surface area contributed by atoms with E-state index in [0.29, 0.717) is 12.2 Å². The van der Waals surface area contributed by atoms with Crippen LogP contribution in [-0.4, -0.2) is 5.78 Å². The van der Waals surface area contributed by atoms with Gasteiger partial charge in [-0.3, -0.25) is 4.79 Å². The summed E-state index contributed by atoms with van der Waals surface area (Å²) in [6, 6.07) is 5.92. The quantitative estimate of drug-likeness (QED) is 0.629. The van der Waals surface area contributed by atoms with E-state index in [1.807, 2.05) is 12.1 Å². The average Bonchev–Trinajstić information content (AvgIpc) is 2.34. The summed E-state index contributed by atoms with van der Waals surface area (Å²) in [5.41, 5.74) is 8.80. The Morgan fingerprint density at radius 3 is 2.71 bits per heavy atom. The van der Waals surface area contributed by atoms with Crippen LogP contribution >= 0.6 is 0 Å². The van der Waals surface area contributed by atoms with Crippen molar-refractivity contribution in [1.29, 1.82) is 0 Å². The first-order valence-electron chi connectivity index (χ1n) is 5.15. The summed E-state index contributed by atoms with van der Waals surface area (Å²) in [6.45, 7) is 0. The van der Waals surface area contributed by atoms with Crippen molar-refractivity contribution in [3.8, 4) is 0 Å². The molecule has 72 valence electrons. The highest BCUT2D eigenvalue weighted by atomic mass is 16.1. The van der Waals surface area contributed by atoms with Crippen molar-refractivity contribution in [2.75, 3.05) is 5.73 Å². The van der Waals surface area contributed by atoms with Gasteiger partial charge in [0.2, 0.25) is 0 Å². The number of rotatable bonds is 0. The van der Waals surface area contributed by atoms with E-state index >= 15 is 0 Å². The molecule has 2 nitrogen and oxygen atoms in total. The van der Waals surface area contributed by atoms with Gasteiger partial charge in [-0.2, -0.15) is 0 Å². The molecule has 14 heavy (non-hydrogen) atoms. The normalized spacial score (nSPS) is 22.1.